The van der Waals surface area contributed by atoms with E-state index in [1.54, 1.807) is 7.11 Å². The summed E-state index contributed by atoms with van der Waals surface area (Å²) in [5.41, 5.74) is 5.38. The Morgan fingerprint density at radius 1 is 1.47 bits per heavy atom. The summed E-state index contributed by atoms with van der Waals surface area (Å²) in [6.07, 6.45) is 2.25. The Kier molecular flexibility index (Phi) is 3.76. The molecule has 0 aliphatic carbocycles. The average Bonchev–Trinajstić information content (AvgIpc) is 2.88. The van der Waals surface area contributed by atoms with Crippen LogP contribution in [0.2, 0.25) is 0 Å². The van der Waals surface area contributed by atoms with E-state index in [2.05, 4.69) is 10.1 Å². The van der Waals surface area contributed by atoms with Crippen LogP contribution in [0.25, 0.3) is 0 Å². The maximum Gasteiger partial charge on any atom is 0.243 e. The summed E-state index contributed by atoms with van der Waals surface area (Å²) in [5.74, 6) is 1.06. The van der Waals surface area contributed by atoms with Crippen LogP contribution >= 0.6 is 0 Å². The number of nitrogens with two attached hydrogens (primary N) is 1. The molecule has 17 heavy (non-hydrogen) atoms. The molecule has 96 valence electrons. The third-order valence-corrected chi connectivity index (χ3v) is 3.30. The van der Waals surface area contributed by atoms with Crippen LogP contribution in [0.15, 0.2) is 4.52 Å². The van der Waals surface area contributed by atoms with Gasteiger partial charge in [0.1, 0.15) is 5.60 Å². The molecule has 2 rings (SSSR count). The lowest BCUT2D eigenvalue weighted by Crippen LogP contribution is -2.36. The summed E-state index contributed by atoms with van der Waals surface area (Å²) in [6, 6.07) is -0.204. The van der Waals surface area contributed by atoms with E-state index in [4.69, 9.17) is 19.7 Å². The van der Waals surface area contributed by atoms with Gasteiger partial charge in [0.05, 0.1) is 6.04 Å². The minimum absolute atomic E-state index is 0.204. The second-order valence-electron chi connectivity index (χ2n) is 4.28. The van der Waals surface area contributed by atoms with Gasteiger partial charge >= 0.3 is 0 Å². The van der Waals surface area contributed by atoms with Crippen LogP contribution in [0.5, 0.6) is 0 Å². The van der Waals surface area contributed by atoms with Crippen molar-refractivity contribution in [2.24, 2.45) is 5.73 Å². The Morgan fingerprint density at radius 2 is 2.18 bits per heavy atom. The van der Waals surface area contributed by atoms with Crippen LogP contribution in [0, 0.1) is 0 Å². The van der Waals surface area contributed by atoms with E-state index in [1.807, 2.05) is 6.92 Å². The zero-order valence-electron chi connectivity index (χ0n) is 10.3. The molecule has 1 aromatic heterocycles. The van der Waals surface area contributed by atoms with Crippen molar-refractivity contribution in [3.63, 3.8) is 0 Å². The van der Waals surface area contributed by atoms with Crippen LogP contribution < -0.4 is 5.73 Å². The van der Waals surface area contributed by atoms with Gasteiger partial charge in [-0.2, -0.15) is 4.98 Å². The molecule has 0 bridgehead atoms. The number of methoxy groups -OCH3 is 1. The van der Waals surface area contributed by atoms with Crippen molar-refractivity contribution < 1.29 is 14.0 Å². The maximum atomic E-state index is 5.86. The molecule has 0 amide bonds. The summed E-state index contributed by atoms with van der Waals surface area (Å²) >= 11 is 0. The van der Waals surface area contributed by atoms with Crippen LogP contribution in [-0.4, -0.2) is 30.5 Å². The topological polar surface area (TPSA) is 83.4 Å². The van der Waals surface area contributed by atoms with Crippen molar-refractivity contribution in [1.29, 1.82) is 0 Å². The Hall–Kier alpha value is -0.980. The molecule has 6 heteroatoms. The average molecular weight is 241 g/mol. The molecule has 0 radical (unpaired) electrons. The first-order valence-corrected chi connectivity index (χ1v) is 5.94. The fourth-order valence-corrected chi connectivity index (χ4v) is 1.97. The smallest absolute Gasteiger partial charge is 0.243 e. The van der Waals surface area contributed by atoms with Gasteiger partial charge in [0, 0.05) is 33.2 Å². The zero-order valence-corrected chi connectivity index (χ0v) is 10.3. The van der Waals surface area contributed by atoms with Crippen molar-refractivity contribution in [2.45, 2.75) is 37.8 Å². The van der Waals surface area contributed by atoms with E-state index in [0.717, 1.165) is 19.3 Å². The highest BCUT2D eigenvalue weighted by Gasteiger charge is 2.39. The van der Waals surface area contributed by atoms with Crippen LogP contribution in [0.1, 0.15) is 43.9 Å². The number of ether oxygens (including phenoxy) is 2. The fourth-order valence-electron chi connectivity index (χ4n) is 1.97. The highest BCUT2D eigenvalue weighted by Crippen LogP contribution is 2.33. The molecule has 1 fully saturated rings. The first-order valence-electron chi connectivity index (χ1n) is 5.94. The number of hydrogen-bond acceptors (Lipinski definition) is 6. The van der Waals surface area contributed by atoms with Gasteiger partial charge in [-0.15, -0.1) is 0 Å². The van der Waals surface area contributed by atoms with Crippen LogP contribution in [-0.2, 0) is 15.1 Å². The molecular formula is C11H19N3O3. The van der Waals surface area contributed by atoms with Crippen molar-refractivity contribution in [1.82, 2.24) is 10.1 Å². The van der Waals surface area contributed by atoms with E-state index >= 15 is 0 Å². The zero-order chi connectivity index (χ0) is 12.3. The van der Waals surface area contributed by atoms with Gasteiger partial charge in [-0.1, -0.05) is 12.1 Å². The van der Waals surface area contributed by atoms with Crippen molar-refractivity contribution in [3.05, 3.63) is 11.7 Å². The molecule has 1 atom stereocenters. The molecule has 2 N–H and O–H groups in total. The maximum absolute atomic E-state index is 5.86. The molecule has 0 saturated carbocycles. The Balaban J connectivity index is 2.22. The van der Waals surface area contributed by atoms with Crippen molar-refractivity contribution >= 4 is 0 Å². The van der Waals surface area contributed by atoms with E-state index in [-0.39, 0.29) is 6.04 Å². The molecule has 1 saturated heterocycles. The fraction of sp³-hybridized carbons (Fsp3) is 0.818. The Labute approximate surface area is 100 Å². The second-order valence-corrected chi connectivity index (χ2v) is 4.28. The molecule has 1 aliphatic rings. The largest absolute Gasteiger partial charge is 0.381 e. The van der Waals surface area contributed by atoms with Gasteiger partial charge in [-0.3, -0.25) is 0 Å². The summed E-state index contributed by atoms with van der Waals surface area (Å²) in [5, 5.41) is 4.01. The third-order valence-electron chi connectivity index (χ3n) is 3.30. The number of hydrogen-bond donors (Lipinski definition) is 1. The normalized spacial score (nSPS) is 21.4. The monoisotopic (exact) mass is 241 g/mol. The number of nitrogens with zero attached hydrogens (tertiary/aromatic N) is 2. The first-order chi connectivity index (χ1) is 8.22. The second kappa shape index (κ2) is 5.12. The molecule has 2 heterocycles. The summed E-state index contributed by atoms with van der Waals surface area (Å²) in [4.78, 5) is 4.36. The van der Waals surface area contributed by atoms with E-state index in [9.17, 15) is 0 Å². The number of rotatable bonds is 4. The molecule has 1 aromatic rings. The Bertz CT molecular complexity index is 361. The van der Waals surface area contributed by atoms with Crippen LogP contribution in [0.4, 0.5) is 0 Å². The van der Waals surface area contributed by atoms with E-state index in [1.165, 1.54) is 0 Å². The first kappa shape index (κ1) is 12.5. The summed E-state index contributed by atoms with van der Waals surface area (Å²) in [7, 11) is 1.67. The molecule has 1 aliphatic heterocycles. The van der Waals surface area contributed by atoms with Gasteiger partial charge in [-0.05, 0) is 6.42 Å². The SMILES string of the molecule is CC[C@H](N)c1nc(C2(OC)CCOCC2)no1. The van der Waals surface area contributed by atoms with Crippen molar-refractivity contribution in [3.8, 4) is 0 Å². The standard InChI is InChI=1S/C11H19N3O3/c1-3-8(12)9-13-10(14-17-9)11(15-2)4-6-16-7-5-11/h8H,3-7,12H2,1-2H3/t8-/m0/s1. The molecule has 6 nitrogen and oxygen atoms in total. The minimum atomic E-state index is -0.479. The summed E-state index contributed by atoms with van der Waals surface area (Å²) in [6.45, 7) is 3.28. The van der Waals surface area contributed by atoms with E-state index in [0.29, 0.717) is 24.9 Å². The van der Waals surface area contributed by atoms with Crippen molar-refractivity contribution in [2.75, 3.05) is 20.3 Å². The Morgan fingerprint density at radius 3 is 2.76 bits per heavy atom. The minimum Gasteiger partial charge on any atom is -0.381 e. The van der Waals surface area contributed by atoms with Gasteiger partial charge in [0.25, 0.3) is 0 Å². The molecular weight excluding hydrogens is 222 g/mol. The molecule has 0 unspecified atom stereocenters. The van der Waals surface area contributed by atoms with Crippen LogP contribution in [0.3, 0.4) is 0 Å². The van der Waals surface area contributed by atoms with E-state index < -0.39 is 5.60 Å². The molecule has 0 spiro atoms. The highest BCUT2D eigenvalue weighted by molar-refractivity contribution is 5.04. The lowest BCUT2D eigenvalue weighted by molar-refractivity contribution is -0.101. The highest BCUT2D eigenvalue weighted by atomic mass is 16.5. The van der Waals surface area contributed by atoms with Gasteiger partial charge in [-0.25, -0.2) is 0 Å². The summed E-state index contributed by atoms with van der Waals surface area (Å²) < 4.78 is 16.1. The third kappa shape index (κ3) is 2.34. The predicted octanol–water partition coefficient (Wildman–Crippen LogP) is 1.13. The lowest BCUT2D eigenvalue weighted by Gasteiger charge is -2.32. The quantitative estimate of drug-likeness (QED) is 0.850. The van der Waals surface area contributed by atoms with Gasteiger partial charge in [0.15, 0.2) is 0 Å². The predicted molar refractivity (Wildman–Crippen MR) is 60.3 cm³/mol. The molecule has 0 aromatic carbocycles. The van der Waals surface area contributed by atoms with Gasteiger partial charge < -0.3 is 19.7 Å². The van der Waals surface area contributed by atoms with Gasteiger partial charge in [0.2, 0.25) is 11.7 Å². The number of aromatic nitrogens is 2. The lowest BCUT2D eigenvalue weighted by atomic mass is 9.93.